The van der Waals surface area contributed by atoms with E-state index in [0.29, 0.717) is 22.2 Å². The molecule has 0 bridgehead atoms. The molecule has 5 nitrogen and oxygen atoms in total. The van der Waals surface area contributed by atoms with Gasteiger partial charge in [-0.1, -0.05) is 41.9 Å². The van der Waals surface area contributed by atoms with Crippen LogP contribution in [0.2, 0.25) is 5.02 Å². The van der Waals surface area contributed by atoms with Crippen LogP contribution in [0.1, 0.15) is 16.2 Å². The number of aromatic nitrogens is 2. The number of hydrogen-bond acceptors (Lipinski definition) is 6. The molecule has 3 aromatic rings. The van der Waals surface area contributed by atoms with Gasteiger partial charge in [0.2, 0.25) is 5.12 Å². The normalized spacial score (nSPS) is 10.5. The van der Waals surface area contributed by atoms with Gasteiger partial charge in [0.05, 0.1) is 5.02 Å². The molecule has 0 aliphatic heterocycles. The van der Waals surface area contributed by atoms with E-state index < -0.39 is 0 Å². The maximum Gasteiger partial charge on any atom is 0.284 e. The number of carbonyl (C=O) groups is 1. The van der Waals surface area contributed by atoms with Crippen LogP contribution >= 0.6 is 23.4 Å². The van der Waals surface area contributed by atoms with Crippen molar-refractivity contribution < 1.29 is 13.9 Å². The Balaban J connectivity index is 1.61. The minimum absolute atomic E-state index is 0.137. The molecule has 0 amide bonds. The summed E-state index contributed by atoms with van der Waals surface area (Å²) in [5, 5.41) is 7.96. The van der Waals surface area contributed by atoms with Crippen molar-refractivity contribution in [2.75, 3.05) is 0 Å². The summed E-state index contributed by atoms with van der Waals surface area (Å²) in [5.41, 5.74) is 0.402. The highest BCUT2D eigenvalue weighted by molar-refractivity contribution is 8.14. The van der Waals surface area contributed by atoms with Crippen LogP contribution < -0.4 is 4.74 Å². The van der Waals surface area contributed by atoms with Gasteiger partial charge in [-0.25, -0.2) is 0 Å². The lowest BCUT2D eigenvalue weighted by atomic mass is 10.2. The van der Waals surface area contributed by atoms with E-state index in [1.165, 1.54) is 0 Å². The fraction of sp³-hybridized carbons (Fsp3) is 0.0625. The molecule has 0 saturated heterocycles. The minimum Gasteiger partial charge on any atom is -0.484 e. The van der Waals surface area contributed by atoms with Crippen molar-refractivity contribution in [1.82, 2.24) is 10.2 Å². The molecule has 0 spiro atoms. The number of para-hydroxylation sites is 1. The van der Waals surface area contributed by atoms with Crippen LogP contribution in [-0.2, 0) is 6.61 Å². The van der Waals surface area contributed by atoms with Crippen LogP contribution in [0.25, 0.3) is 0 Å². The number of nitrogens with zero attached hydrogens (tertiary/aromatic N) is 2. The van der Waals surface area contributed by atoms with Crippen molar-refractivity contribution in [3.05, 3.63) is 71.1 Å². The lowest BCUT2D eigenvalue weighted by Crippen LogP contribution is -1.95. The zero-order chi connectivity index (χ0) is 16.1. The van der Waals surface area contributed by atoms with Gasteiger partial charge in [0, 0.05) is 17.3 Å². The summed E-state index contributed by atoms with van der Waals surface area (Å²) in [7, 11) is 0. The SMILES string of the molecule is O=C(Sc1nnc(COc2ccccc2)o1)c1ccccc1Cl. The zero-order valence-corrected chi connectivity index (χ0v) is 13.4. The summed E-state index contributed by atoms with van der Waals surface area (Å²) in [5.74, 6) is 0.996. The standard InChI is InChI=1S/C16H11ClN2O3S/c17-13-9-5-4-8-12(13)15(20)23-16-19-18-14(22-16)10-21-11-6-2-1-3-7-11/h1-9H,10H2. The Kier molecular flexibility index (Phi) is 4.95. The molecule has 116 valence electrons. The predicted octanol–water partition coefficient (Wildman–Crippen LogP) is 4.23. The highest BCUT2D eigenvalue weighted by Gasteiger charge is 2.16. The van der Waals surface area contributed by atoms with Gasteiger partial charge in [0.15, 0.2) is 6.61 Å². The van der Waals surface area contributed by atoms with Gasteiger partial charge in [0.1, 0.15) is 5.75 Å². The maximum absolute atomic E-state index is 12.1. The van der Waals surface area contributed by atoms with Gasteiger partial charge < -0.3 is 9.15 Å². The highest BCUT2D eigenvalue weighted by atomic mass is 35.5. The summed E-state index contributed by atoms with van der Waals surface area (Å²) < 4.78 is 10.9. The monoisotopic (exact) mass is 346 g/mol. The fourth-order valence-electron chi connectivity index (χ4n) is 1.76. The Labute approximate surface area is 141 Å². The third-order valence-electron chi connectivity index (χ3n) is 2.83. The van der Waals surface area contributed by atoms with E-state index in [2.05, 4.69) is 10.2 Å². The molecule has 0 atom stereocenters. The van der Waals surface area contributed by atoms with Crippen LogP contribution in [0, 0.1) is 0 Å². The third-order valence-corrected chi connectivity index (χ3v) is 3.90. The van der Waals surface area contributed by atoms with E-state index in [1.807, 2.05) is 30.3 Å². The van der Waals surface area contributed by atoms with Gasteiger partial charge >= 0.3 is 0 Å². The smallest absolute Gasteiger partial charge is 0.284 e. The van der Waals surface area contributed by atoms with Gasteiger partial charge in [-0.05, 0) is 24.3 Å². The molecule has 0 fully saturated rings. The summed E-state index contributed by atoms with van der Waals surface area (Å²) in [6.45, 7) is 0.137. The van der Waals surface area contributed by atoms with Gasteiger partial charge in [-0.2, -0.15) is 0 Å². The number of benzene rings is 2. The van der Waals surface area contributed by atoms with Crippen LogP contribution in [-0.4, -0.2) is 15.3 Å². The molecule has 0 saturated carbocycles. The van der Waals surface area contributed by atoms with Gasteiger partial charge in [-0.3, -0.25) is 4.79 Å². The molecule has 23 heavy (non-hydrogen) atoms. The Morgan fingerprint density at radius 3 is 2.61 bits per heavy atom. The van der Waals surface area contributed by atoms with E-state index in [9.17, 15) is 4.79 Å². The quantitative estimate of drug-likeness (QED) is 0.644. The minimum atomic E-state index is -0.255. The number of rotatable bonds is 5. The van der Waals surface area contributed by atoms with Crippen LogP contribution in [0.15, 0.2) is 64.2 Å². The topological polar surface area (TPSA) is 65.2 Å². The Bertz CT molecular complexity index is 808. The lowest BCUT2D eigenvalue weighted by Gasteiger charge is -2.01. The molecule has 1 aromatic heterocycles. The first-order valence-corrected chi connectivity index (χ1v) is 7.89. The van der Waals surface area contributed by atoms with Crippen molar-refractivity contribution >= 4 is 28.5 Å². The second-order valence-electron chi connectivity index (χ2n) is 4.43. The molecule has 1 heterocycles. The van der Waals surface area contributed by atoms with E-state index in [4.69, 9.17) is 20.8 Å². The summed E-state index contributed by atoms with van der Waals surface area (Å²) >= 11 is 6.82. The average Bonchev–Trinajstić information content (AvgIpc) is 3.02. The number of halogens is 1. The molecule has 0 radical (unpaired) electrons. The average molecular weight is 347 g/mol. The first kappa shape index (κ1) is 15.6. The second kappa shape index (κ2) is 7.30. The van der Waals surface area contributed by atoms with Crippen molar-refractivity contribution in [1.29, 1.82) is 0 Å². The molecule has 2 aromatic carbocycles. The van der Waals surface area contributed by atoms with Crippen molar-refractivity contribution in [3.8, 4) is 5.75 Å². The third kappa shape index (κ3) is 4.12. The molecule has 0 aliphatic rings. The summed E-state index contributed by atoms with van der Waals surface area (Å²) in [6, 6.07) is 16.1. The van der Waals surface area contributed by atoms with Crippen LogP contribution in [0.3, 0.4) is 0 Å². The first-order valence-electron chi connectivity index (χ1n) is 6.69. The van der Waals surface area contributed by atoms with Crippen molar-refractivity contribution in [3.63, 3.8) is 0 Å². The molecule has 7 heteroatoms. The first-order chi connectivity index (χ1) is 11.2. The largest absolute Gasteiger partial charge is 0.484 e. The van der Waals surface area contributed by atoms with Gasteiger partial charge in [0.25, 0.3) is 11.1 Å². The van der Waals surface area contributed by atoms with Crippen molar-refractivity contribution in [2.24, 2.45) is 0 Å². The molecule has 3 rings (SSSR count). The van der Waals surface area contributed by atoms with Crippen LogP contribution in [0.5, 0.6) is 5.75 Å². The van der Waals surface area contributed by atoms with Gasteiger partial charge in [-0.15, -0.1) is 10.2 Å². The highest BCUT2D eigenvalue weighted by Crippen LogP contribution is 2.26. The zero-order valence-electron chi connectivity index (χ0n) is 11.8. The summed E-state index contributed by atoms with van der Waals surface area (Å²) in [4.78, 5) is 12.1. The van der Waals surface area contributed by atoms with Crippen LogP contribution in [0.4, 0.5) is 0 Å². The summed E-state index contributed by atoms with van der Waals surface area (Å²) in [6.07, 6.45) is 0. The predicted molar refractivity (Wildman–Crippen MR) is 86.7 cm³/mol. The Hall–Kier alpha value is -2.31. The van der Waals surface area contributed by atoms with Crippen molar-refractivity contribution in [2.45, 2.75) is 11.8 Å². The molecular formula is C16H11ClN2O3S. The molecular weight excluding hydrogens is 336 g/mol. The van der Waals surface area contributed by atoms with E-state index in [0.717, 1.165) is 11.8 Å². The number of thioether (sulfide) groups is 1. The number of carbonyl (C=O) groups excluding carboxylic acids is 1. The lowest BCUT2D eigenvalue weighted by molar-refractivity contribution is 0.108. The second-order valence-corrected chi connectivity index (χ2v) is 5.76. The Morgan fingerprint density at radius 1 is 1.09 bits per heavy atom. The van der Waals surface area contributed by atoms with E-state index in [-0.39, 0.29) is 16.9 Å². The van der Waals surface area contributed by atoms with E-state index >= 15 is 0 Å². The fourth-order valence-corrected chi connectivity index (χ4v) is 2.70. The molecule has 0 aliphatic carbocycles. The molecule has 0 unspecified atom stereocenters. The maximum atomic E-state index is 12.1. The molecule has 0 N–H and O–H groups in total. The number of ether oxygens (including phenoxy) is 1. The Morgan fingerprint density at radius 2 is 1.83 bits per heavy atom. The van der Waals surface area contributed by atoms with E-state index in [1.54, 1.807) is 24.3 Å². The number of hydrogen-bond donors (Lipinski definition) is 0.